The van der Waals surface area contributed by atoms with E-state index in [1.807, 2.05) is 24.4 Å². The summed E-state index contributed by atoms with van der Waals surface area (Å²) in [6.07, 6.45) is 8.75. The van der Waals surface area contributed by atoms with Crippen molar-refractivity contribution in [2.45, 2.75) is 32.1 Å². The number of nitrogen functional groups attached to an aromatic ring is 1. The molecule has 2 N–H and O–H groups in total. The average molecular weight is 295 g/mol. The Morgan fingerprint density at radius 2 is 2.06 bits per heavy atom. The Balaban J connectivity index is 1.90. The molecule has 0 aromatic heterocycles. The smallest absolute Gasteiger partial charge is 0.0417 e. The SMILES string of the molecule is Nc1cc(Br)ccc1C=NCC1CCCCC1. The highest BCUT2D eigenvalue weighted by Crippen LogP contribution is 2.23. The van der Waals surface area contributed by atoms with E-state index in [0.29, 0.717) is 0 Å². The molecule has 92 valence electrons. The van der Waals surface area contributed by atoms with Crippen molar-refractivity contribution in [2.24, 2.45) is 10.9 Å². The Morgan fingerprint density at radius 1 is 1.29 bits per heavy atom. The second-order valence-corrected chi connectivity index (χ2v) is 5.69. The molecular formula is C14H19BrN2. The third-order valence-electron chi connectivity index (χ3n) is 3.37. The van der Waals surface area contributed by atoms with Crippen LogP contribution in [0, 0.1) is 5.92 Å². The zero-order valence-electron chi connectivity index (χ0n) is 10.0. The molecule has 0 aliphatic heterocycles. The molecule has 0 heterocycles. The largest absolute Gasteiger partial charge is 0.398 e. The molecule has 1 saturated carbocycles. The van der Waals surface area contributed by atoms with Crippen LogP contribution in [0.5, 0.6) is 0 Å². The van der Waals surface area contributed by atoms with Crippen LogP contribution in [-0.2, 0) is 0 Å². The van der Waals surface area contributed by atoms with Crippen LogP contribution >= 0.6 is 15.9 Å². The molecule has 0 bridgehead atoms. The number of aliphatic imine (C=N–C) groups is 1. The molecule has 0 atom stereocenters. The Kier molecular flexibility index (Phi) is 4.60. The van der Waals surface area contributed by atoms with Gasteiger partial charge in [-0.05, 0) is 30.9 Å². The van der Waals surface area contributed by atoms with E-state index >= 15 is 0 Å². The average Bonchev–Trinajstić information content (AvgIpc) is 2.33. The number of hydrogen-bond donors (Lipinski definition) is 1. The molecule has 1 aliphatic carbocycles. The van der Waals surface area contributed by atoms with Crippen LogP contribution in [0.3, 0.4) is 0 Å². The quantitative estimate of drug-likeness (QED) is 0.663. The van der Waals surface area contributed by atoms with Crippen LogP contribution in [0.4, 0.5) is 5.69 Å². The highest BCUT2D eigenvalue weighted by molar-refractivity contribution is 9.10. The van der Waals surface area contributed by atoms with Gasteiger partial charge in [0.05, 0.1) is 0 Å². The second kappa shape index (κ2) is 6.20. The van der Waals surface area contributed by atoms with Crippen molar-refractivity contribution < 1.29 is 0 Å². The fourth-order valence-corrected chi connectivity index (χ4v) is 2.71. The summed E-state index contributed by atoms with van der Waals surface area (Å²) in [6.45, 7) is 0.954. The van der Waals surface area contributed by atoms with Crippen molar-refractivity contribution in [3.05, 3.63) is 28.2 Å². The van der Waals surface area contributed by atoms with E-state index in [1.165, 1.54) is 32.1 Å². The Hall–Kier alpha value is -0.830. The molecule has 0 unspecified atom stereocenters. The molecule has 17 heavy (non-hydrogen) atoms. The van der Waals surface area contributed by atoms with Gasteiger partial charge in [0, 0.05) is 28.5 Å². The number of hydrogen-bond acceptors (Lipinski definition) is 2. The summed E-state index contributed by atoms with van der Waals surface area (Å²) < 4.78 is 1.01. The summed E-state index contributed by atoms with van der Waals surface area (Å²) in [6, 6.07) is 5.92. The molecule has 2 rings (SSSR count). The van der Waals surface area contributed by atoms with E-state index in [1.54, 1.807) is 0 Å². The number of anilines is 1. The third-order valence-corrected chi connectivity index (χ3v) is 3.86. The molecule has 2 nitrogen and oxygen atoms in total. The third kappa shape index (κ3) is 3.84. The van der Waals surface area contributed by atoms with Gasteiger partial charge in [-0.25, -0.2) is 0 Å². The lowest BCUT2D eigenvalue weighted by Crippen LogP contribution is -2.09. The monoisotopic (exact) mass is 294 g/mol. The maximum Gasteiger partial charge on any atom is 0.0417 e. The molecule has 1 fully saturated rings. The first kappa shape index (κ1) is 12.6. The van der Waals surface area contributed by atoms with Gasteiger partial charge in [0.25, 0.3) is 0 Å². The second-order valence-electron chi connectivity index (χ2n) is 4.77. The lowest BCUT2D eigenvalue weighted by Gasteiger charge is -2.19. The van der Waals surface area contributed by atoms with E-state index < -0.39 is 0 Å². The van der Waals surface area contributed by atoms with Gasteiger partial charge >= 0.3 is 0 Å². The number of halogens is 1. The molecule has 0 radical (unpaired) electrons. The molecule has 0 spiro atoms. The molecular weight excluding hydrogens is 276 g/mol. The standard InChI is InChI=1S/C14H19BrN2/c15-13-7-6-12(14(16)8-13)10-17-9-11-4-2-1-3-5-11/h6-8,10-11H,1-5,9,16H2. The van der Waals surface area contributed by atoms with Gasteiger partial charge in [-0.15, -0.1) is 0 Å². The topological polar surface area (TPSA) is 38.4 Å². The molecule has 0 amide bonds. The summed E-state index contributed by atoms with van der Waals surface area (Å²) >= 11 is 3.40. The number of nitrogens with two attached hydrogens (primary N) is 1. The lowest BCUT2D eigenvalue weighted by molar-refractivity contribution is 0.367. The highest BCUT2D eigenvalue weighted by Gasteiger charge is 2.11. The van der Waals surface area contributed by atoms with Gasteiger partial charge in [0.2, 0.25) is 0 Å². The van der Waals surface area contributed by atoms with E-state index in [-0.39, 0.29) is 0 Å². The van der Waals surface area contributed by atoms with Crippen molar-refractivity contribution in [1.82, 2.24) is 0 Å². The molecule has 3 heteroatoms. The van der Waals surface area contributed by atoms with Crippen molar-refractivity contribution in [1.29, 1.82) is 0 Å². The van der Waals surface area contributed by atoms with Gasteiger partial charge < -0.3 is 5.73 Å². The number of benzene rings is 1. The predicted molar refractivity (Wildman–Crippen MR) is 77.6 cm³/mol. The summed E-state index contributed by atoms with van der Waals surface area (Å²) in [5.41, 5.74) is 7.72. The molecule has 1 aliphatic rings. The molecule has 1 aromatic carbocycles. The van der Waals surface area contributed by atoms with Crippen molar-refractivity contribution in [3.8, 4) is 0 Å². The van der Waals surface area contributed by atoms with Gasteiger partial charge in [-0.3, -0.25) is 4.99 Å². The van der Waals surface area contributed by atoms with Crippen molar-refractivity contribution in [2.75, 3.05) is 12.3 Å². The highest BCUT2D eigenvalue weighted by atomic mass is 79.9. The first-order valence-corrected chi connectivity index (χ1v) is 7.10. The van der Waals surface area contributed by atoms with Crippen LogP contribution in [-0.4, -0.2) is 12.8 Å². The fourth-order valence-electron chi connectivity index (χ4n) is 2.33. The number of rotatable bonds is 3. The van der Waals surface area contributed by atoms with Crippen LogP contribution in [0.2, 0.25) is 0 Å². The summed E-state index contributed by atoms with van der Waals surface area (Å²) in [4.78, 5) is 4.54. The molecule has 0 saturated heterocycles. The lowest BCUT2D eigenvalue weighted by atomic mass is 9.89. The van der Waals surface area contributed by atoms with E-state index in [4.69, 9.17) is 5.73 Å². The van der Waals surface area contributed by atoms with Gasteiger partial charge in [0.15, 0.2) is 0 Å². The van der Waals surface area contributed by atoms with E-state index in [9.17, 15) is 0 Å². The van der Waals surface area contributed by atoms with Gasteiger partial charge in [-0.1, -0.05) is 41.3 Å². The van der Waals surface area contributed by atoms with Crippen LogP contribution in [0.25, 0.3) is 0 Å². The maximum atomic E-state index is 5.92. The van der Waals surface area contributed by atoms with Crippen molar-refractivity contribution >= 4 is 27.8 Å². The minimum Gasteiger partial charge on any atom is -0.398 e. The fraction of sp³-hybridized carbons (Fsp3) is 0.500. The normalized spacial score (nSPS) is 17.7. The van der Waals surface area contributed by atoms with Crippen LogP contribution < -0.4 is 5.73 Å². The Labute approximate surface area is 111 Å². The van der Waals surface area contributed by atoms with Gasteiger partial charge in [-0.2, -0.15) is 0 Å². The van der Waals surface area contributed by atoms with E-state index in [0.717, 1.165) is 28.2 Å². The Morgan fingerprint density at radius 3 is 2.76 bits per heavy atom. The van der Waals surface area contributed by atoms with Crippen LogP contribution in [0.1, 0.15) is 37.7 Å². The maximum absolute atomic E-state index is 5.92. The minimum absolute atomic E-state index is 0.784. The zero-order chi connectivity index (χ0) is 12.1. The van der Waals surface area contributed by atoms with Gasteiger partial charge in [0.1, 0.15) is 0 Å². The van der Waals surface area contributed by atoms with Crippen LogP contribution in [0.15, 0.2) is 27.7 Å². The Bertz CT molecular complexity index is 395. The summed E-state index contributed by atoms with van der Waals surface area (Å²) in [5, 5.41) is 0. The summed E-state index contributed by atoms with van der Waals surface area (Å²) in [7, 11) is 0. The number of nitrogens with zero attached hydrogens (tertiary/aromatic N) is 1. The molecule has 1 aromatic rings. The minimum atomic E-state index is 0.784. The van der Waals surface area contributed by atoms with E-state index in [2.05, 4.69) is 20.9 Å². The zero-order valence-corrected chi connectivity index (χ0v) is 11.6. The predicted octanol–water partition coefficient (Wildman–Crippen LogP) is 4.03. The van der Waals surface area contributed by atoms with Crippen molar-refractivity contribution in [3.63, 3.8) is 0 Å². The first-order valence-electron chi connectivity index (χ1n) is 6.30. The first-order chi connectivity index (χ1) is 8.25. The summed E-state index contributed by atoms with van der Waals surface area (Å²) in [5.74, 6) is 0.789.